The van der Waals surface area contributed by atoms with Crippen molar-refractivity contribution in [2.75, 3.05) is 7.11 Å². The molecular weight excluding hydrogens is 183 g/mol. The largest absolute Gasteiger partial charge is 0.496 e. The summed E-state index contributed by atoms with van der Waals surface area (Å²) in [4.78, 5) is 0. The highest BCUT2D eigenvalue weighted by molar-refractivity contribution is 5.40. The van der Waals surface area contributed by atoms with Crippen LogP contribution in [0.2, 0.25) is 0 Å². The van der Waals surface area contributed by atoms with Crippen molar-refractivity contribution in [3.63, 3.8) is 0 Å². The van der Waals surface area contributed by atoms with Crippen molar-refractivity contribution >= 4 is 0 Å². The number of aliphatic hydroxyl groups is 1. The molecule has 0 amide bonds. The number of halogens is 1. The maximum absolute atomic E-state index is 13.5. The van der Waals surface area contributed by atoms with Crippen LogP contribution in [0, 0.1) is 5.82 Å². The molecule has 0 aliphatic heterocycles. The van der Waals surface area contributed by atoms with Crippen molar-refractivity contribution in [2.24, 2.45) is 0 Å². The molecule has 0 fully saturated rings. The van der Waals surface area contributed by atoms with Gasteiger partial charge in [0, 0.05) is 5.56 Å². The number of hydrogen-bond donors (Lipinski definition) is 1. The fourth-order valence-electron chi connectivity index (χ4n) is 1.47. The van der Waals surface area contributed by atoms with Gasteiger partial charge in [-0.1, -0.05) is 13.8 Å². The minimum absolute atomic E-state index is 0.0673. The number of methoxy groups -OCH3 is 1. The van der Waals surface area contributed by atoms with Crippen molar-refractivity contribution in [3.8, 4) is 5.75 Å². The first-order valence-electron chi connectivity index (χ1n) is 4.57. The standard InChI is InChI=1S/C11H15FO2/c1-7(2)11-9(12)4-8(6-13)5-10(11)14-3/h4-5,7,13H,6H2,1-3H3. The highest BCUT2D eigenvalue weighted by Gasteiger charge is 2.14. The van der Waals surface area contributed by atoms with Crippen molar-refractivity contribution in [2.45, 2.75) is 26.4 Å². The second-order valence-electron chi connectivity index (χ2n) is 3.51. The van der Waals surface area contributed by atoms with Gasteiger partial charge in [-0.05, 0) is 23.6 Å². The first kappa shape index (κ1) is 11.0. The second kappa shape index (κ2) is 4.42. The van der Waals surface area contributed by atoms with Crippen LogP contribution in [0.5, 0.6) is 5.75 Å². The van der Waals surface area contributed by atoms with E-state index in [4.69, 9.17) is 9.84 Å². The normalized spacial score (nSPS) is 10.7. The zero-order valence-corrected chi connectivity index (χ0v) is 8.67. The summed E-state index contributed by atoms with van der Waals surface area (Å²) in [6.07, 6.45) is 0. The van der Waals surface area contributed by atoms with Crippen molar-refractivity contribution in [1.82, 2.24) is 0 Å². The third-order valence-corrected chi connectivity index (χ3v) is 2.13. The van der Waals surface area contributed by atoms with Crippen LogP contribution in [0.4, 0.5) is 4.39 Å². The summed E-state index contributed by atoms with van der Waals surface area (Å²) < 4.78 is 18.6. The maximum Gasteiger partial charge on any atom is 0.130 e. The Labute approximate surface area is 83.3 Å². The molecule has 0 atom stereocenters. The zero-order chi connectivity index (χ0) is 10.7. The molecule has 0 spiro atoms. The number of aliphatic hydroxyl groups excluding tert-OH is 1. The fraction of sp³-hybridized carbons (Fsp3) is 0.455. The van der Waals surface area contributed by atoms with E-state index < -0.39 is 0 Å². The van der Waals surface area contributed by atoms with Crippen LogP contribution in [0.1, 0.15) is 30.9 Å². The second-order valence-corrected chi connectivity index (χ2v) is 3.51. The van der Waals surface area contributed by atoms with Crippen LogP contribution in [-0.4, -0.2) is 12.2 Å². The zero-order valence-electron chi connectivity index (χ0n) is 8.67. The summed E-state index contributed by atoms with van der Waals surface area (Å²) in [5, 5.41) is 8.89. The van der Waals surface area contributed by atoms with E-state index in [9.17, 15) is 4.39 Å². The molecule has 0 saturated heterocycles. The molecule has 0 aliphatic rings. The summed E-state index contributed by atoms with van der Waals surface area (Å²) in [6.45, 7) is 3.63. The van der Waals surface area contributed by atoms with Gasteiger partial charge in [-0.25, -0.2) is 4.39 Å². The van der Waals surface area contributed by atoms with E-state index in [1.165, 1.54) is 13.2 Å². The summed E-state index contributed by atoms with van der Waals surface area (Å²) in [7, 11) is 1.50. The lowest BCUT2D eigenvalue weighted by Crippen LogP contribution is -2.00. The van der Waals surface area contributed by atoms with Crippen LogP contribution in [0.3, 0.4) is 0 Å². The highest BCUT2D eigenvalue weighted by atomic mass is 19.1. The van der Waals surface area contributed by atoms with Gasteiger partial charge in [0.25, 0.3) is 0 Å². The Bertz CT molecular complexity index is 321. The van der Waals surface area contributed by atoms with Gasteiger partial charge in [0.1, 0.15) is 11.6 Å². The summed E-state index contributed by atoms with van der Waals surface area (Å²) in [6, 6.07) is 3.01. The predicted molar refractivity (Wildman–Crippen MR) is 53.0 cm³/mol. The Morgan fingerprint density at radius 2 is 2.07 bits per heavy atom. The Hall–Kier alpha value is -1.09. The van der Waals surface area contributed by atoms with E-state index in [1.54, 1.807) is 6.07 Å². The molecule has 14 heavy (non-hydrogen) atoms. The summed E-state index contributed by atoms with van der Waals surface area (Å²) >= 11 is 0. The summed E-state index contributed by atoms with van der Waals surface area (Å²) in [5.74, 6) is 0.255. The molecule has 0 aromatic heterocycles. The Kier molecular flexibility index (Phi) is 3.47. The lowest BCUT2D eigenvalue weighted by Gasteiger charge is -2.13. The van der Waals surface area contributed by atoms with Crippen LogP contribution in [-0.2, 0) is 6.61 Å². The van der Waals surface area contributed by atoms with Gasteiger partial charge in [-0.3, -0.25) is 0 Å². The van der Waals surface area contributed by atoms with E-state index in [0.29, 0.717) is 16.9 Å². The molecule has 2 nitrogen and oxygen atoms in total. The van der Waals surface area contributed by atoms with Crippen molar-refractivity contribution < 1.29 is 14.2 Å². The van der Waals surface area contributed by atoms with E-state index >= 15 is 0 Å². The van der Waals surface area contributed by atoms with E-state index in [1.807, 2.05) is 13.8 Å². The average Bonchev–Trinajstić information content (AvgIpc) is 2.15. The quantitative estimate of drug-likeness (QED) is 0.808. The molecule has 3 heteroatoms. The van der Waals surface area contributed by atoms with E-state index in [0.717, 1.165) is 0 Å². The molecule has 0 aliphatic carbocycles. The number of hydrogen-bond acceptors (Lipinski definition) is 2. The predicted octanol–water partition coefficient (Wildman–Crippen LogP) is 2.45. The van der Waals surface area contributed by atoms with Gasteiger partial charge in [0.05, 0.1) is 13.7 Å². The van der Waals surface area contributed by atoms with Gasteiger partial charge in [0.2, 0.25) is 0 Å². The first-order valence-corrected chi connectivity index (χ1v) is 4.57. The lowest BCUT2D eigenvalue weighted by molar-refractivity contribution is 0.280. The number of rotatable bonds is 3. The minimum atomic E-state index is -0.316. The minimum Gasteiger partial charge on any atom is -0.496 e. The molecule has 1 aromatic carbocycles. The molecule has 0 saturated carbocycles. The Balaban J connectivity index is 3.27. The smallest absolute Gasteiger partial charge is 0.130 e. The average molecular weight is 198 g/mol. The third-order valence-electron chi connectivity index (χ3n) is 2.13. The molecular formula is C11H15FO2. The topological polar surface area (TPSA) is 29.5 Å². The molecule has 1 aromatic rings. The highest BCUT2D eigenvalue weighted by Crippen LogP contribution is 2.30. The van der Waals surface area contributed by atoms with Gasteiger partial charge in [-0.15, -0.1) is 0 Å². The molecule has 0 radical (unpaired) electrons. The van der Waals surface area contributed by atoms with Gasteiger partial charge in [-0.2, -0.15) is 0 Å². The lowest BCUT2D eigenvalue weighted by atomic mass is 9.99. The molecule has 1 N–H and O–H groups in total. The Morgan fingerprint density at radius 1 is 1.43 bits per heavy atom. The van der Waals surface area contributed by atoms with Gasteiger partial charge >= 0.3 is 0 Å². The van der Waals surface area contributed by atoms with Crippen molar-refractivity contribution in [1.29, 1.82) is 0 Å². The molecule has 78 valence electrons. The van der Waals surface area contributed by atoms with Crippen LogP contribution < -0.4 is 4.74 Å². The molecule has 0 unspecified atom stereocenters. The van der Waals surface area contributed by atoms with Gasteiger partial charge in [0.15, 0.2) is 0 Å². The molecule has 0 bridgehead atoms. The van der Waals surface area contributed by atoms with Crippen molar-refractivity contribution in [3.05, 3.63) is 29.1 Å². The van der Waals surface area contributed by atoms with Crippen LogP contribution >= 0.6 is 0 Å². The van der Waals surface area contributed by atoms with E-state index in [-0.39, 0.29) is 18.3 Å². The van der Waals surface area contributed by atoms with E-state index in [2.05, 4.69) is 0 Å². The monoisotopic (exact) mass is 198 g/mol. The number of benzene rings is 1. The first-order chi connectivity index (χ1) is 6.60. The molecule has 0 heterocycles. The fourth-order valence-corrected chi connectivity index (χ4v) is 1.47. The van der Waals surface area contributed by atoms with Crippen LogP contribution in [0.15, 0.2) is 12.1 Å². The number of ether oxygens (including phenoxy) is 1. The maximum atomic E-state index is 13.5. The van der Waals surface area contributed by atoms with Gasteiger partial charge < -0.3 is 9.84 Å². The SMILES string of the molecule is COc1cc(CO)cc(F)c1C(C)C. The Morgan fingerprint density at radius 3 is 2.50 bits per heavy atom. The van der Waals surface area contributed by atoms with Crippen LogP contribution in [0.25, 0.3) is 0 Å². The summed E-state index contributed by atoms with van der Waals surface area (Å²) in [5.41, 5.74) is 1.09. The molecule has 1 rings (SSSR count). The third kappa shape index (κ3) is 2.04.